The second kappa shape index (κ2) is 3.89. The minimum Gasteiger partial charge on any atom is -0.288 e. The molecule has 0 aliphatic heterocycles. The molecule has 0 aliphatic rings. The molecule has 1 aromatic carbocycles. The van der Waals surface area contributed by atoms with E-state index in [-0.39, 0.29) is 5.78 Å². The minimum absolute atomic E-state index is 0.204. The number of carbonyl (C=O) groups excluding carboxylic acids is 1. The van der Waals surface area contributed by atoms with Crippen LogP contribution in [0.25, 0.3) is 0 Å². The third-order valence-corrected chi connectivity index (χ3v) is 2.57. The summed E-state index contributed by atoms with van der Waals surface area (Å²) >= 11 is 0. The van der Waals surface area contributed by atoms with E-state index < -0.39 is 5.82 Å². The van der Waals surface area contributed by atoms with Crippen molar-refractivity contribution in [1.29, 1.82) is 0 Å². The van der Waals surface area contributed by atoms with Gasteiger partial charge in [0.25, 0.3) is 0 Å². The van der Waals surface area contributed by atoms with Gasteiger partial charge in [0.05, 0.1) is 11.8 Å². The molecule has 2 aromatic rings. The number of carbonyl (C=O) groups is 1. The third-order valence-electron chi connectivity index (χ3n) is 2.57. The predicted molar refractivity (Wildman–Crippen MR) is 57.8 cm³/mol. The Labute approximate surface area is 92.5 Å². The molecule has 0 unspecified atom stereocenters. The molecule has 0 aliphatic carbocycles. The van der Waals surface area contributed by atoms with E-state index in [0.29, 0.717) is 11.1 Å². The van der Waals surface area contributed by atoms with Crippen LogP contribution in [-0.2, 0) is 7.05 Å². The van der Waals surface area contributed by atoms with Crippen molar-refractivity contribution in [2.24, 2.45) is 7.05 Å². The van der Waals surface area contributed by atoms with Crippen LogP contribution in [0.15, 0.2) is 30.5 Å². The molecule has 0 bridgehead atoms. The number of hydrogen-bond donors (Lipinski definition) is 0. The highest BCUT2D eigenvalue weighted by Crippen LogP contribution is 2.13. The Morgan fingerprint density at radius 1 is 1.44 bits per heavy atom. The second-order valence-electron chi connectivity index (χ2n) is 3.61. The largest absolute Gasteiger partial charge is 0.288 e. The molecule has 16 heavy (non-hydrogen) atoms. The van der Waals surface area contributed by atoms with E-state index in [1.807, 2.05) is 0 Å². The standard InChI is InChI=1S/C12H11FN2O/c1-8-11(7-14-15(8)2)12(16)9-4-3-5-10(13)6-9/h3-7H,1-2H3. The number of hydrogen-bond acceptors (Lipinski definition) is 2. The average Bonchev–Trinajstić information content (AvgIpc) is 2.59. The van der Waals surface area contributed by atoms with E-state index >= 15 is 0 Å². The average molecular weight is 218 g/mol. The molecule has 0 amide bonds. The van der Waals surface area contributed by atoms with Gasteiger partial charge < -0.3 is 0 Å². The van der Waals surface area contributed by atoms with Gasteiger partial charge in [0, 0.05) is 18.3 Å². The number of rotatable bonds is 2. The first-order valence-corrected chi connectivity index (χ1v) is 4.88. The van der Waals surface area contributed by atoms with Crippen molar-refractivity contribution >= 4 is 5.78 Å². The Bertz CT molecular complexity index is 546. The lowest BCUT2D eigenvalue weighted by molar-refractivity contribution is 0.103. The van der Waals surface area contributed by atoms with E-state index in [4.69, 9.17) is 0 Å². The Balaban J connectivity index is 2.43. The topological polar surface area (TPSA) is 34.9 Å². The summed E-state index contributed by atoms with van der Waals surface area (Å²) in [6, 6.07) is 5.66. The molecule has 1 heterocycles. The molecule has 2 rings (SSSR count). The molecular formula is C12H11FN2O. The van der Waals surface area contributed by atoms with E-state index in [9.17, 15) is 9.18 Å². The first-order chi connectivity index (χ1) is 7.59. The van der Waals surface area contributed by atoms with Crippen LogP contribution in [0.4, 0.5) is 4.39 Å². The lowest BCUT2D eigenvalue weighted by Crippen LogP contribution is -2.03. The second-order valence-corrected chi connectivity index (χ2v) is 3.61. The van der Waals surface area contributed by atoms with Crippen molar-refractivity contribution in [3.8, 4) is 0 Å². The van der Waals surface area contributed by atoms with Crippen LogP contribution in [0.2, 0.25) is 0 Å². The third kappa shape index (κ3) is 1.74. The van der Waals surface area contributed by atoms with Gasteiger partial charge in [0.15, 0.2) is 5.78 Å². The van der Waals surface area contributed by atoms with Gasteiger partial charge in [-0.25, -0.2) is 4.39 Å². The summed E-state index contributed by atoms with van der Waals surface area (Å²) in [5.41, 5.74) is 1.62. The van der Waals surface area contributed by atoms with Crippen molar-refractivity contribution in [3.05, 3.63) is 53.1 Å². The number of aryl methyl sites for hydroxylation is 1. The fourth-order valence-electron chi connectivity index (χ4n) is 1.51. The summed E-state index contributed by atoms with van der Waals surface area (Å²) in [4.78, 5) is 12.0. The van der Waals surface area contributed by atoms with Crippen LogP contribution in [0, 0.1) is 12.7 Å². The van der Waals surface area contributed by atoms with Crippen LogP contribution < -0.4 is 0 Å². The van der Waals surface area contributed by atoms with Crippen LogP contribution in [0.5, 0.6) is 0 Å². The summed E-state index contributed by atoms with van der Waals surface area (Å²) in [5.74, 6) is -0.613. The van der Waals surface area contributed by atoms with Crippen LogP contribution in [0.1, 0.15) is 21.6 Å². The summed E-state index contributed by atoms with van der Waals surface area (Å²) in [6.45, 7) is 1.81. The van der Waals surface area contributed by atoms with E-state index in [2.05, 4.69) is 5.10 Å². The van der Waals surface area contributed by atoms with Crippen LogP contribution >= 0.6 is 0 Å². The molecule has 0 saturated carbocycles. The highest BCUT2D eigenvalue weighted by Gasteiger charge is 2.15. The summed E-state index contributed by atoms with van der Waals surface area (Å²) in [7, 11) is 1.76. The molecule has 1 aromatic heterocycles. The van der Waals surface area contributed by atoms with Crippen molar-refractivity contribution in [3.63, 3.8) is 0 Å². The minimum atomic E-state index is -0.410. The first-order valence-electron chi connectivity index (χ1n) is 4.88. The number of ketones is 1. The Morgan fingerprint density at radius 2 is 2.19 bits per heavy atom. The summed E-state index contributed by atoms with van der Waals surface area (Å²) in [6.07, 6.45) is 1.50. The van der Waals surface area contributed by atoms with Gasteiger partial charge >= 0.3 is 0 Å². The Hall–Kier alpha value is -1.97. The molecule has 0 fully saturated rings. The maximum atomic E-state index is 13.0. The summed E-state index contributed by atoms with van der Waals surface area (Å²) < 4.78 is 14.6. The van der Waals surface area contributed by atoms with E-state index in [1.165, 1.54) is 24.4 Å². The molecule has 82 valence electrons. The molecule has 0 atom stereocenters. The van der Waals surface area contributed by atoms with Crippen molar-refractivity contribution in [2.45, 2.75) is 6.92 Å². The fraction of sp³-hybridized carbons (Fsp3) is 0.167. The quantitative estimate of drug-likeness (QED) is 0.723. The zero-order chi connectivity index (χ0) is 11.7. The van der Waals surface area contributed by atoms with Crippen LogP contribution in [0.3, 0.4) is 0 Å². The van der Waals surface area contributed by atoms with Crippen molar-refractivity contribution < 1.29 is 9.18 Å². The van der Waals surface area contributed by atoms with Crippen molar-refractivity contribution in [1.82, 2.24) is 9.78 Å². The molecule has 0 saturated heterocycles. The van der Waals surface area contributed by atoms with Crippen molar-refractivity contribution in [2.75, 3.05) is 0 Å². The van der Waals surface area contributed by atoms with Crippen LogP contribution in [-0.4, -0.2) is 15.6 Å². The summed E-state index contributed by atoms with van der Waals surface area (Å²) in [5, 5.41) is 3.99. The zero-order valence-electron chi connectivity index (χ0n) is 9.07. The maximum absolute atomic E-state index is 13.0. The number of benzene rings is 1. The molecular weight excluding hydrogens is 207 g/mol. The van der Waals surface area contributed by atoms with E-state index in [1.54, 1.807) is 24.7 Å². The lowest BCUT2D eigenvalue weighted by atomic mass is 10.0. The van der Waals surface area contributed by atoms with Gasteiger partial charge in [0.2, 0.25) is 0 Å². The number of aromatic nitrogens is 2. The van der Waals surface area contributed by atoms with Gasteiger partial charge in [-0.2, -0.15) is 5.10 Å². The fourth-order valence-corrected chi connectivity index (χ4v) is 1.51. The molecule has 0 N–H and O–H groups in total. The Morgan fingerprint density at radius 3 is 2.75 bits per heavy atom. The molecule has 0 spiro atoms. The lowest BCUT2D eigenvalue weighted by Gasteiger charge is -2.00. The normalized spacial score (nSPS) is 10.4. The predicted octanol–water partition coefficient (Wildman–Crippen LogP) is 2.10. The molecule has 4 heteroatoms. The monoisotopic (exact) mass is 218 g/mol. The SMILES string of the molecule is Cc1c(C(=O)c2cccc(F)c2)cnn1C. The number of halogens is 1. The first kappa shape index (κ1) is 10.5. The molecule has 3 nitrogen and oxygen atoms in total. The van der Waals surface area contributed by atoms with Gasteiger partial charge in [-0.05, 0) is 19.1 Å². The highest BCUT2D eigenvalue weighted by molar-refractivity contribution is 6.09. The highest BCUT2D eigenvalue weighted by atomic mass is 19.1. The van der Waals surface area contributed by atoms with Gasteiger partial charge in [-0.1, -0.05) is 12.1 Å². The smallest absolute Gasteiger partial charge is 0.196 e. The maximum Gasteiger partial charge on any atom is 0.196 e. The Kier molecular flexibility index (Phi) is 2.56. The van der Waals surface area contributed by atoms with Gasteiger partial charge in [-0.15, -0.1) is 0 Å². The zero-order valence-corrected chi connectivity index (χ0v) is 9.07. The van der Waals surface area contributed by atoms with E-state index in [0.717, 1.165) is 5.69 Å². The van der Waals surface area contributed by atoms with Gasteiger partial charge in [-0.3, -0.25) is 9.48 Å². The number of nitrogens with zero attached hydrogens (tertiary/aromatic N) is 2. The van der Waals surface area contributed by atoms with Gasteiger partial charge in [0.1, 0.15) is 5.82 Å². The molecule has 0 radical (unpaired) electrons.